The molecule has 3 nitrogen and oxygen atoms in total. The Bertz CT molecular complexity index is 473. The van der Waals surface area contributed by atoms with Crippen LogP contribution in [0.1, 0.15) is 36.7 Å². The molecule has 0 unspecified atom stereocenters. The highest BCUT2D eigenvalue weighted by Crippen LogP contribution is 2.37. The van der Waals surface area contributed by atoms with Crippen LogP contribution in [0.4, 0.5) is 0 Å². The van der Waals surface area contributed by atoms with Crippen LogP contribution in [0.2, 0.25) is 18.1 Å². The second kappa shape index (κ2) is 5.37. The largest absolute Gasteiger partial charge is 0.516 e. The van der Waals surface area contributed by atoms with Crippen LogP contribution in [-0.2, 0) is 4.43 Å². The third kappa shape index (κ3) is 3.59. The Morgan fingerprint density at radius 1 is 1.21 bits per heavy atom. The molecule has 106 valence electrons. The topological polar surface area (TPSA) is 35.5 Å². The Hall–Kier alpha value is -1.29. The van der Waals surface area contributed by atoms with Crippen molar-refractivity contribution in [1.29, 1.82) is 0 Å². The number of hydrogen-bond acceptors (Lipinski definition) is 3. The van der Waals surface area contributed by atoms with Crippen LogP contribution in [0.15, 0.2) is 18.2 Å². The van der Waals surface area contributed by atoms with E-state index in [1.165, 1.54) is 0 Å². The van der Waals surface area contributed by atoms with Gasteiger partial charge in [-0.25, -0.2) is 4.79 Å². The minimum absolute atomic E-state index is 0.0114. The minimum atomic E-state index is -2.08. The normalized spacial score (nSPS) is 12.2. The Kier molecular flexibility index (Phi) is 4.45. The third-order valence-corrected chi connectivity index (χ3v) is 8.11. The van der Waals surface area contributed by atoms with Gasteiger partial charge in [-0.15, -0.1) is 0 Å². The van der Waals surface area contributed by atoms with Crippen molar-refractivity contribution >= 4 is 14.3 Å². The lowest BCUT2D eigenvalue weighted by Gasteiger charge is -2.35. The Balaban J connectivity index is 2.96. The van der Waals surface area contributed by atoms with E-state index < -0.39 is 8.32 Å². The van der Waals surface area contributed by atoms with E-state index in [0.717, 1.165) is 5.56 Å². The highest BCUT2D eigenvalue weighted by molar-refractivity contribution is 6.75. The molecule has 0 radical (unpaired) electrons. The number of aryl methyl sites for hydroxylation is 1. The molecule has 0 aliphatic rings. The van der Waals surface area contributed by atoms with Gasteiger partial charge in [0.1, 0.15) is 5.75 Å². The van der Waals surface area contributed by atoms with Crippen LogP contribution in [-0.4, -0.2) is 21.4 Å². The summed E-state index contributed by atoms with van der Waals surface area (Å²) < 4.78 is 11.0. The molecular weight excluding hydrogens is 256 g/mol. The molecule has 0 atom stereocenters. The average molecular weight is 280 g/mol. The lowest BCUT2D eigenvalue weighted by atomic mass is 10.1. The van der Waals surface area contributed by atoms with E-state index in [4.69, 9.17) is 9.16 Å². The summed E-state index contributed by atoms with van der Waals surface area (Å²) in [6.45, 7) is 12.4. The average Bonchev–Trinajstić information content (AvgIpc) is 2.27. The SMILES string of the molecule is COc1cc(C(=O)O[Si](C)(C)C(C)(C)C)ccc1C. The molecule has 0 heterocycles. The van der Waals surface area contributed by atoms with Crippen LogP contribution in [0, 0.1) is 6.92 Å². The maximum atomic E-state index is 12.2. The van der Waals surface area contributed by atoms with Gasteiger partial charge in [-0.05, 0) is 42.8 Å². The van der Waals surface area contributed by atoms with Gasteiger partial charge in [-0.2, -0.15) is 0 Å². The van der Waals surface area contributed by atoms with Crippen molar-refractivity contribution in [3.8, 4) is 5.75 Å². The number of ether oxygens (including phenoxy) is 1. The monoisotopic (exact) mass is 280 g/mol. The number of methoxy groups -OCH3 is 1. The van der Waals surface area contributed by atoms with E-state index in [9.17, 15) is 4.79 Å². The number of hydrogen-bond donors (Lipinski definition) is 0. The molecular formula is C15H24O3Si. The zero-order valence-electron chi connectivity index (χ0n) is 13.0. The summed E-state index contributed by atoms with van der Waals surface area (Å²) in [5.41, 5.74) is 1.55. The minimum Gasteiger partial charge on any atom is -0.516 e. The number of benzene rings is 1. The number of carbonyl (C=O) groups excluding carboxylic acids is 1. The molecule has 1 aromatic carbocycles. The fraction of sp³-hybridized carbons (Fsp3) is 0.533. The van der Waals surface area contributed by atoms with E-state index in [2.05, 4.69) is 33.9 Å². The lowest BCUT2D eigenvalue weighted by molar-refractivity contribution is 0.0712. The van der Waals surface area contributed by atoms with Crippen LogP contribution in [0.5, 0.6) is 5.75 Å². The van der Waals surface area contributed by atoms with Crippen LogP contribution in [0.3, 0.4) is 0 Å². The predicted molar refractivity (Wildman–Crippen MR) is 80.3 cm³/mol. The third-order valence-electron chi connectivity index (χ3n) is 3.80. The molecule has 0 fully saturated rings. The highest BCUT2D eigenvalue weighted by Gasteiger charge is 2.40. The van der Waals surface area contributed by atoms with E-state index >= 15 is 0 Å². The fourth-order valence-corrected chi connectivity index (χ4v) is 2.28. The van der Waals surface area contributed by atoms with Gasteiger partial charge in [0.25, 0.3) is 8.32 Å². The van der Waals surface area contributed by atoms with Crippen molar-refractivity contribution in [2.45, 2.75) is 45.8 Å². The Labute approximate surface area is 117 Å². The van der Waals surface area contributed by atoms with Gasteiger partial charge in [0.15, 0.2) is 0 Å². The lowest BCUT2D eigenvalue weighted by Crippen LogP contribution is -2.42. The maximum Gasteiger partial charge on any atom is 0.324 e. The van der Waals surface area contributed by atoms with E-state index in [-0.39, 0.29) is 11.0 Å². The fourth-order valence-electron chi connectivity index (χ4n) is 1.39. The molecule has 4 heteroatoms. The standard InChI is InChI=1S/C15H24O3Si/c1-11-8-9-12(10-13(11)17-5)14(16)18-19(6,7)15(2,3)4/h8-10H,1-7H3. The summed E-state index contributed by atoms with van der Waals surface area (Å²) in [6, 6.07) is 5.40. The first-order valence-electron chi connectivity index (χ1n) is 6.46. The van der Waals surface area contributed by atoms with Crippen LogP contribution >= 0.6 is 0 Å². The quantitative estimate of drug-likeness (QED) is 0.780. The van der Waals surface area contributed by atoms with Gasteiger partial charge >= 0.3 is 5.97 Å². The summed E-state index contributed by atoms with van der Waals surface area (Å²) in [5, 5.41) is 0.0114. The van der Waals surface area contributed by atoms with Gasteiger partial charge in [0, 0.05) is 0 Å². The first kappa shape index (κ1) is 15.8. The predicted octanol–water partition coefficient (Wildman–Crippen LogP) is 4.17. The van der Waals surface area contributed by atoms with Crippen molar-refractivity contribution < 1.29 is 14.0 Å². The summed E-state index contributed by atoms with van der Waals surface area (Å²) >= 11 is 0. The number of rotatable bonds is 3. The molecule has 0 bridgehead atoms. The van der Waals surface area contributed by atoms with Gasteiger partial charge < -0.3 is 9.16 Å². The maximum absolute atomic E-state index is 12.2. The van der Waals surface area contributed by atoms with Crippen molar-refractivity contribution in [2.75, 3.05) is 7.11 Å². The highest BCUT2D eigenvalue weighted by atomic mass is 28.4. The first-order valence-corrected chi connectivity index (χ1v) is 9.37. The molecule has 0 saturated carbocycles. The summed E-state index contributed by atoms with van der Waals surface area (Å²) in [4.78, 5) is 12.2. The molecule has 0 N–H and O–H groups in total. The molecule has 1 rings (SSSR count). The van der Waals surface area contributed by atoms with Gasteiger partial charge in [0.2, 0.25) is 0 Å². The van der Waals surface area contributed by atoms with Crippen molar-refractivity contribution in [2.24, 2.45) is 0 Å². The summed E-state index contributed by atoms with van der Waals surface area (Å²) in [6.07, 6.45) is 0. The van der Waals surface area contributed by atoms with Crippen LogP contribution in [0.25, 0.3) is 0 Å². The molecule has 0 spiro atoms. The molecule has 0 aromatic heterocycles. The second-order valence-electron chi connectivity index (χ2n) is 6.33. The van der Waals surface area contributed by atoms with E-state index in [1.54, 1.807) is 19.2 Å². The van der Waals surface area contributed by atoms with Crippen molar-refractivity contribution in [1.82, 2.24) is 0 Å². The zero-order chi connectivity index (χ0) is 14.8. The van der Waals surface area contributed by atoms with E-state index in [0.29, 0.717) is 11.3 Å². The first-order chi connectivity index (χ1) is 8.58. The summed E-state index contributed by atoms with van der Waals surface area (Å²) in [7, 11) is -0.480. The molecule has 0 amide bonds. The smallest absolute Gasteiger partial charge is 0.324 e. The van der Waals surface area contributed by atoms with Crippen molar-refractivity contribution in [3.63, 3.8) is 0 Å². The Morgan fingerprint density at radius 2 is 1.79 bits per heavy atom. The Morgan fingerprint density at radius 3 is 2.26 bits per heavy atom. The van der Waals surface area contributed by atoms with Gasteiger partial charge in [0.05, 0.1) is 12.7 Å². The molecule has 0 aliphatic carbocycles. The molecule has 19 heavy (non-hydrogen) atoms. The molecule has 1 aromatic rings. The summed E-state index contributed by atoms with van der Waals surface area (Å²) in [5.74, 6) is 0.453. The van der Waals surface area contributed by atoms with Crippen LogP contribution < -0.4 is 4.74 Å². The number of carbonyl (C=O) groups is 1. The van der Waals surface area contributed by atoms with Crippen molar-refractivity contribution in [3.05, 3.63) is 29.3 Å². The molecule has 0 aliphatic heterocycles. The van der Waals surface area contributed by atoms with E-state index in [1.807, 2.05) is 13.0 Å². The van der Waals surface area contributed by atoms with Gasteiger partial charge in [-0.1, -0.05) is 26.8 Å². The van der Waals surface area contributed by atoms with Gasteiger partial charge in [-0.3, -0.25) is 0 Å². The molecule has 0 saturated heterocycles. The second-order valence-corrected chi connectivity index (χ2v) is 11.1. The zero-order valence-corrected chi connectivity index (χ0v) is 14.0.